The molecule has 0 aliphatic carbocycles. The van der Waals surface area contributed by atoms with Gasteiger partial charge in [-0.05, 0) is 43.4 Å². The van der Waals surface area contributed by atoms with Gasteiger partial charge in [0, 0.05) is 38.0 Å². The van der Waals surface area contributed by atoms with Gasteiger partial charge in [-0.2, -0.15) is 16.1 Å². The van der Waals surface area contributed by atoms with Gasteiger partial charge >= 0.3 is 0 Å². The van der Waals surface area contributed by atoms with Crippen LogP contribution in [0.25, 0.3) is 0 Å². The molecule has 0 radical (unpaired) electrons. The number of sulfonamides is 1. The maximum absolute atomic E-state index is 13.3. The van der Waals surface area contributed by atoms with Crippen molar-refractivity contribution in [2.75, 3.05) is 57.5 Å². The highest BCUT2D eigenvalue weighted by atomic mass is 32.2. The van der Waals surface area contributed by atoms with E-state index in [4.69, 9.17) is 9.47 Å². The fraction of sp³-hybridized carbons (Fsp3) is 0.667. The number of thioether (sulfide) groups is 1. The van der Waals surface area contributed by atoms with Crippen LogP contribution in [-0.2, 0) is 14.8 Å². The molecule has 8 heteroatoms. The molecule has 0 amide bonds. The predicted molar refractivity (Wildman–Crippen MR) is 104 cm³/mol. The van der Waals surface area contributed by atoms with Gasteiger partial charge in [0.15, 0.2) is 0 Å². The van der Waals surface area contributed by atoms with Gasteiger partial charge in [-0.3, -0.25) is 4.90 Å². The third kappa shape index (κ3) is 4.92. The van der Waals surface area contributed by atoms with E-state index in [2.05, 4.69) is 4.90 Å². The predicted octanol–water partition coefficient (Wildman–Crippen LogP) is 1.91. The van der Waals surface area contributed by atoms with E-state index in [1.54, 1.807) is 28.6 Å². The summed E-state index contributed by atoms with van der Waals surface area (Å²) in [5.74, 6) is 2.55. The molecule has 26 heavy (non-hydrogen) atoms. The Balaban J connectivity index is 1.78. The lowest BCUT2D eigenvalue weighted by Gasteiger charge is -2.35. The number of benzene rings is 1. The summed E-state index contributed by atoms with van der Waals surface area (Å²) in [5.41, 5.74) is 0. The summed E-state index contributed by atoms with van der Waals surface area (Å²) in [7, 11) is -3.51. The second-order valence-corrected chi connectivity index (χ2v) is 9.56. The minimum atomic E-state index is -3.51. The van der Waals surface area contributed by atoms with E-state index >= 15 is 0 Å². The summed E-state index contributed by atoms with van der Waals surface area (Å²) in [6.07, 6.45) is 0.889. The highest BCUT2D eigenvalue weighted by molar-refractivity contribution is 7.99. The van der Waals surface area contributed by atoms with Crippen LogP contribution in [0.1, 0.15) is 13.3 Å². The Morgan fingerprint density at radius 1 is 1.19 bits per heavy atom. The quantitative estimate of drug-likeness (QED) is 0.727. The molecule has 0 spiro atoms. The van der Waals surface area contributed by atoms with E-state index in [1.807, 2.05) is 18.7 Å². The van der Waals surface area contributed by atoms with Crippen LogP contribution in [-0.4, -0.2) is 81.2 Å². The van der Waals surface area contributed by atoms with Crippen LogP contribution < -0.4 is 4.74 Å². The first kappa shape index (κ1) is 19.9. The maximum atomic E-state index is 13.3. The first-order chi connectivity index (χ1) is 12.6. The van der Waals surface area contributed by atoms with Crippen molar-refractivity contribution in [1.82, 2.24) is 9.21 Å². The number of hydrogen-bond acceptors (Lipinski definition) is 6. The Kier molecular flexibility index (Phi) is 7.22. The second-order valence-electron chi connectivity index (χ2n) is 6.52. The maximum Gasteiger partial charge on any atom is 0.243 e. The summed E-state index contributed by atoms with van der Waals surface area (Å²) in [4.78, 5) is 2.67. The number of hydrogen-bond donors (Lipinski definition) is 0. The van der Waals surface area contributed by atoms with Gasteiger partial charge in [0.1, 0.15) is 5.75 Å². The fourth-order valence-electron chi connectivity index (χ4n) is 3.36. The van der Waals surface area contributed by atoms with Gasteiger partial charge < -0.3 is 9.47 Å². The van der Waals surface area contributed by atoms with Gasteiger partial charge in [-0.1, -0.05) is 0 Å². The Labute approximate surface area is 160 Å². The van der Waals surface area contributed by atoms with Crippen molar-refractivity contribution in [2.45, 2.75) is 24.3 Å². The Hall–Kier alpha value is -0.800. The van der Waals surface area contributed by atoms with Crippen molar-refractivity contribution in [3.05, 3.63) is 24.3 Å². The molecule has 2 saturated heterocycles. The molecule has 0 bridgehead atoms. The van der Waals surface area contributed by atoms with Gasteiger partial charge in [0.05, 0.1) is 24.7 Å². The summed E-state index contributed by atoms with van der Waals surface area (Å²) >= 11 is 1.85. The lowest BCUT2D eigenvalue weighted by Crippen LogP contribution is -2.50. The molecule has 1 unspecified atom stereocenters. The number of nitrogens with zero attached hydrogens (tertiary/aromatic N) is 2. The normalized spacial score (nSPS) is 23.5. The van der Waals surface area contributed by atoms with E-state index in [9.17, 15) is 8.42 Å². The Morgan fingerprint density at radius 3 is 2.62 bits per heavy atom. The second kappa shape index (κ2) is 9.41. The lowest BCUT2D eigenvalue weighted by atomic mass is 10.2. The van der Waals surface area contributed by atoms with Crippen molar-refractivity contribution in [1.29, 1.82) is 0 Å². The molecule has 3 rings (SSSR count). The monoisotopic (exact) mass is 400 g/mol. The highest BCUT2D eigenvalue weighted by Gasteiger charge is 2.34. The van der Waals surface area contributed by atoms with E-state index < -0.39 is 10.0 Å². The third-order valence-electron chi connectivity index (χ3n) is 4.70. The number of rotatable bonds is 6. The van der Waals surface area contributed by atoms with Crippen molar-refractivity contribution in [2.24, 2.45) is 0 Å². The SMILES string of the molecule is CCOc1ccc(S(=O)(=O)N2CCCSCC2CN2CCOCC2)cc1. The van der Waals surface area contributed by atoms with Crippen LogP contribution in [0.4, 0.5) is 0 Å². The third-order valence-corrected chi connectivity index (χ3v) is 7.86. The van der Waals surface area contributed by atoms with E-state index in [-0.39, 0.29) is 6.04 Å². The minimum Gasteiger partial charge on any atom is -0.494 e. The van der Waals surface area contributed by atoms with E-state index in [1.165, 1.54) is 0 Å². The zero-order chi connectivity index (χ0) is 18.4. The van der Waals surface area contributed by atoms with Gasteiger partial charge in [0.2, 0.25) is 10.0 Å². The first-order valence-corrected chi connectivity index (χ1v) is 11.8. The molecule has 6 nitrogen and oxygen atoms in total. The zero-order valence-corrected chi connectivity index (χ0v) is 16.9. The zero-order valence-electron chi connectivity index (χ0n) is 15.3. The fourth-order valence-corrected chi connectivity index (χ4v) is 6.17. The average molecular weight is 401 g/mol. The van der Waals surface area contributed by atoms with E-state index in [0.717, 1.165) is 50.8 Å². The first-order valence-electron chi connectivity index (χ1n) is 9.24. The summed E-state index contributed by atoms with van der Waals surface area (Å²) < 4.78 is 39.2. The molecule has 2 aliphatic heterocycles. The molecule has 1 aromatic carbocycles. The van der Waals surface area contributed by atoms with Crippen LogP contribution in [0.3, 0.4) is 0 Å². The molecule has 0 saturated carbocycles. The van der Waals surface area contributed by atoms with Crippen LogP contribution >= 0.6 is 11.8 Å². The summed E-state index contributed by atoms with van der Waals surface area (Å²) in [5, 5.41) is 0. The number of morpholine rings is 1. The number of ether oxygens (including phenoxy) is 2. The topological polar surface area (TPSA) is 59.1 Å². The van der Waals surface area contributed by atoms with Crippen LogP contribution in [0, 0.1) is 0 Å². The largest absolute Gasteiger partial charge is 0.494 e. The van der Waals surface area contributed by atoms with Gasteiger partial charge in [-0.25, -0.2) is 8.42 Å². The molecule has 2 aliphatic rings. The standard InChI is InChI=1S/C18H28N2O4S2/c1-2-24-17-4-6-18(7-5-17)26(21,22)20-8-3-13-25-15-16(20)14-19-9-11-23-12-10-19/h4-7,16H,2-3,8-15H2,1H3. The van der Waals surface area contributed by atoms with Crippen molar-refractivity contribution in [3.8, 4) is 5.75 Å². The molecule has 2 fully saturated rings. The van der Waals surface area contributed by atoms with Crippen LogP contribution in [0.2, 0.25) is 0 Å². The average Bonchev–Trinajstić information content (AvgIpc) is 2.89. The lowest BCUT2D eigenvalue weighted by molar-refractivity contribution is 0.0309. The van der Waals surface area contributed by atoms with Crippen LogP contribution in [0.5, 0.6) is 5.75 Å². The summed E-state index contributed by atoms with van der Waals surface area (Å²) in [6.45, 7) is 7.03. The molecule has 2 heterocycles. The molecule has 0 N–H and O–H groups in total. The summed E-state index contributed by atoms with van der Waals surface area (Å²) in [6, 6.07) is 6.78. The van der Waals surface area contributed by atoms with Crippen molar-refractivity contribution < 1.29 is 17.9 Å². The highest BCUT2D eigenvalue weighted by Crippen LogP contribution is 2.26. The molecule has 1 atom stereocenters. The van der Waals surface area contributed by atoms with Gasteiger partial charge in [0.25, 0.3) is 0 Å². The minimum absolute atomic E-state index is 0.00262. The smallest absolute Gasteiger partial charge is 0.243 e. The van der Waals surface area contributed by atoms with Crippen molar-refractivity contribution >= 4 is 21.8 Å². The van der Waals surface area contributed by atoms with Gasteiger partial charge in [-0.15, -0.1) is 0 Å². The van der Waals surface area contributed by atoms with E-state index in [0.29, 0.717) is 23.8 Å². The molecular weight excluding hydrogens is 372 g/mol. The van der Waals surface area contributed by atoms with Crippen LogP contribution in [0.15, 0.2) is 29.2 Å². The Bertz CT molecular complexity index is 660. The Morgan fingerprint density at radius 2 is 1.92 bits per heavy atom. The molecule has 0 aromatic heterocycles. The van der Waals surface area contributed by atoms with Crippen molar-refractivity contribution in [3.63, 3.8) is 0 Å². The molecule has 1 aromatic rings. The molecule has 146 valence electrons. The molecular formula is C18H28N2O4S2.